The van der Waals surface area contributed by atoms with Crippen LogP contribution < -0.4 is 0 Å². The normalized spacial score (nSPS) is 19.4. The molecular formula is C23H31N3O. The molecule has 1 N–H and O–H groups in total. The van der Waals surface area contributed by atoms with Crippen molar-refractivity contribution in [2.75, 3.05) is 32.8 Å². The van der Waals surface area contributed by atoms with Crippen LogP contribution in [0.4, 0.5) is 0 Å². The van der Waals surface area contributed by atoms with Gasteiger partial charge in [0, 0.05) is 51.1 Å². The zero-order chi connectivity index (χ0) is 19.1. The molecule has 1 fully saturated rings. The van der Waals surface area contributed by atoms with Crippen molar-refractivity contribution in [2.24, 2.45) is 0 Å². The van der Waals surface area contributed by atoms with E-state index in [1.54, 1.807) is 0 Å². The molecule has 3 rings (SSSR count). The van der Waals surface area contributed by atoms with Crippen molar-refractivity contribution in [3.63, 3.8) is 0 Å². The highest BCUT2D eigenvalue weighted by molar-refractivity contribution is 5.52. The molecule has 144 valence electrons. The maximum atomic E-state index is 9.54. The highest BCUT2D eigenvalue weighted by atomic mass is 16.3. The van der Waals surface area contributed by atoms with Crippen LogP contribution in [0.2, 0.25) is 0 Å². The third kappa shape index (κ3) is 5.99. The van der Waals surface area contributed by atoms with E-state index in [1.807, 2.05) is 13.0 Å². The first-order valence-corrected chi connectivity index (χ1v) is 9.86. The Morgan fingerprint density at radius 1 is 1.15 bits per heavy atom. The quantitative estimate of drug-likeness (QED) is 0.817. The van der Waals surface area contributed by atoms with Crippen LogP contribution in [0.1, 0.15) is 30.3 Å². The summed E-state index contributed by atoms with van der Waals surface area (Å²) in [6.07, 6.45) is 3.08. The molecule has 1 saturated heterocycles. The van der Waals surface area contributed by atoms with Gasteiger partial charge in [-0.05, 0) is 38.0 Å². The number of nitrogens with zero attached hydrogens (tertiary/aromatic N) is 3. The minimum Gasteiger partial charge on any atom is -0.396 e. The SMILES string of the molecule is C/C(=C\c1ccccc1)CN1CCN(Cc2cccc(C)n2)[C@H](CCO)C1. The van der Waals surface area contributed by atoms with Gasteiger partial charge in [0.05, 0.1) is 5.69 Å². The first kappa shape index (κ1) is 19.7. The second-order valence-electron chi connectivity index (χ2n) is 7.54. The summed E-state index contributed by atoms with van der Waals surface area (Å²) in [6, 6.07) is 17.1. The first-order chi connectivity index (χ1) is 13.1. The van der Waals surface area contributed by atoms with Gasteiger partial charge in [0.2, 0.25) is 0 Å². The second-order valence-corrected chi connectivity index (χ2v) is 7.54. The van der Waals surface area contributed by atoms with E-state index in [4.69, 9.17) is 0 Å². The third-order valence-corrected chi connectivity index (χ3v) is 5.15. The van der Waals surface area contributed by atoms with Crippen molar-refractivity contribution in [1.82, 2.24) is 14.8 Å². The van der Waals surface area contributed by atoms with E-state index >= 15 is 0 Å². The Morgan fingerprint density at radius 3 is 2.70 bits per heavy atom. The van der Waals surface area contributed by atoms with Crippen LogP contribution in [0.15, 0.2) is 54.1 Å². The predicted molar refractivity (Wildman–Crippen MR) is 111 cm³/mol. The van der Waals surface area contributed by atoms with E-state index in [0.29, 0.717) is 6.04 Å². The molecule has 0 amide bonds. The summed E-state index contributed by atoms with van der Waals surface area (Å²) in [7, 11) is 0. The Balaban J connectivity index is 1.60. The van der Waals surface area contributed by atoms with E-state index in [9.17, 15) is 5.11 Å². The van der Waals surface area contributed by atoms with Gasteiger partial charge in [-0.15, -0.1) is 0 Å². The van der Waals surface area contributed by atoms with Gasteiger partial charge in [0.1, 0.15) is 0 Å². The van der Waals surface area contributed by atoms with Crippen molar-refractivity contribution in [2.45, 2.75) is 32.9 Å². The maximum absolute atomic E-state index is 9.54. The fraction of sp³-hybridized carbons (Fsp3) is 0.435. The van der Waals surface area contributed by atoms with Gasteiger partial charge in [-0.1, -0.05) is 48.0 Å². The van der Waals surface area contributed by atoms with E-state index in [-0.39, 0.29) is 6.61 Å². The molecule has 0 aliphatic carbocycles. The smallest absolute Gasteiger partial charge is 0.0547 e. The van der Waals surface area contributed by atoms with Crippen LogP contribution in [0, 0.1) is 6.92 Å². The zero-order valence-electron chi connectivity index (χ0n) is 16.5. The molecule has 0 radical (unpaired) electrons. The van der Waals surface area contributed by atoms with Crippen LogP contribution in [0.25, 0.3) is 6.08 Å². The molecule has 0 saturated carbocycles. The third-order valence-electron chi connectivity index (χ3n) is 5.15. The summed E-state index contributed by atoms with van der Waals surface area (Å²) in [5, 5.41) is 9.54. The molecule has 2 aromatic rings. The van der Waals surface area contributed by atoms with Crippen molar-refractivity contribution < 1.29 is 5.11 Å². The number of aryl methyl sites for hydroxylation is 1. The Kier molecular flexibility index (Phi) is 7.16. The number of aliphatic hydroxyl groups excluding tert-OH is 1. The van der Waals surface area contributed by atoms with E-state index in [0.717, 1.165) is 50.5 Å². The highest BCUT2D eigenvalue weighted by Crippen LogP contribution is 2.18. The second kappa shape index (κ2) is 9.79. The van der Waals surface area contributed by atoms with Gasteiger partial charge in [0.15, 0.2) is 0 Å². The number of hydrogen-bond acceptors (Lipinski definition) is 4. The van der Waals surface area contributed by atoms with Gasteiger partial charge >= 0.3 is 0 Å². The lowest BCUT2D eigenvalue weighted by atomic mass is 10.1. The standard InChI is InChI=1S/C23H31N3O/c1-19(15-21-8-4-3-5-9-21)16-25-12-13-26(23(18-25)11-14-27)17-22-10-6-7-20(2)24-22/h3-10,15,23,27H,11-14,16-18H2,1-2H3/b19-15+/t23-/m1/s1. The van der Waals surface area contributed by atoms with E-state index in [2.05, 4.69) is 70.2 Å². The van der Waals surface area contributed by atoms with Crippen molar-refractivity contribution >= 4 is 6.08 Å². The zero-order valence-corrected chi connectivity index (χ0v) is 16.5. The summed E-state index contributed by atoms with van der Waals surface area (Å²) in [6.45, 7) is 9.37. The van der Waals surface area contributed by atoms with Crippen molar-refractivity contribution in [3.05, 3.63) is 71.1 Å². The fourth-order valence-electron chi connectivity index (χ4n) is 3.86. The Hall–Kier alpha value is -2.01. The molecule has 1 aromatic heterocycles. The van der Waals surface area contributed by atoms with Crippen LogP contribution in [-0.2, 0) is 6.54 Å². The monoisotopic (exact) mass is 365 g/mol. The number of rotatable bonds is 7. The summed E-state index contributed by atoms with van der Waals surface area (Å²) in [4.78, 5) is 9.64. The molecule has 1 atom stereocenters. The molecule has 0 bridgehead atoms. The van der Waals surface area contributed by atoms with Gasteiger partial charge in [-0.25, -0.2) is 0 Å². The molecule has 0 unspecified atom stereocenters. The Labute approximate surface area is 163 Å². The van der Waals surface area contributed by atoms with Crippen LogP contribution in [0.3, 0.4) is 0 Å². The van der Waals surface area contributed by atoms with Gasteiger partial charge < -0.3 is 5.11 Å². The molecular weight excluding hydrogens is 334 g/mol. The molecule has 1 aliphatic rings. The maximum Gasteiger partial charge on any atom is 0.0547 e. The average Bonchev–Trinajstić information content (AvgIpc) is 2.65. The summed E-state index contributed by atoms with van der Waals surface area (Å²) >= 11 is 0. The number of benzene rings is 1. The molecule has 4 nitrogen and oxygen atoms in total. The lowest BCUT2D eigenvalue weighted by Crippen LogP contribution is -2.53. The summed E-state index contributed by atoms with van der Waals surface area (Å²) in [5.74, 6) is 0. The van der Waals surface area contributed by atoms with Crippen molar-refractivity contribution in [3.8, 4) is 0 Å². The van der Waals surface area contributed by atoms with Gasteiger partial charge in [-0.2, -0.15) is 0 Å². The number of aromatic nitrogens is 1. The first-order valence-electron chi connectivity index (χ1n) is 9.86. The largest absolute Gasteiger partial charge is 0.396 e. The number of pyridine rings is 1. The molecule has 1 aromatic carbocycles. The van der Waals surface area contributed by atoms with Crippen LogP contribution >= 0.6 is 0 Å². The van der Waals surface area contributed by atoms with E-state index < -0.39 is 0 Å². The number of hydrogen-bond donors (Lipinski definition) is 1. The fourth-order valence-corrected chi connectivity index (χ4v) is 3.86. The molecule has 2 heterocycles. The van der Waals surface area contributed by atoms with Gasteiger partial charge in [0.25, 0.3) is 0 Å². The molecule has 27 heavy (non-hydrogen) atoms. The topological polar surface area (TPSA) is 39.6 Å². The summed E-state index contributed by atoms with van der Waals surface area (Å²) in [5.41, 5.74) is 4.81. The van der Waals surface area contributed by atoms with Crippen LogP contribution in [0.5, 0.6) is 0 Å². The molecule has 4 heteroatoms. The molecule has 0 spiro atoms. The molecule has 1 aliphatic heterocycles. The number of aliphatic hydroxyl groups is 1. The highest BCUT2D eigenvalue weighted by Gasteiger charge is 2.26. The summed E-state index contributed by atoms with van der Waals surface area (Å²) < 4.78 is 0. The number of piperazine rings is 1. The minimum atomic E-state index is 0.231. The average molecular weight is 366 g/mol. The Morgan fingerprint density at radius 2 is 1.96 bits per heavy atom. The lowest BCUT2D eigenvalue weighted by molar-refractivity contribution is 0.0576. The van der Waals surface area contributed by atoms with Crippen molar-refractivity contribution in [1.29, 1.82) is 0 Å². The Bertz CT molecular complexity index is 744. The van der Waals surface area contributed by atoms with E-state index in [1.165, 1.54) is 11.1 Å². The predicted octanol–water partition coefficient (Wildman–Crippen LogP) is 3.36. The minimum absolute atomic E-state index is 0.231. The lowest BCUT2D eigenvalue weighted by Gasteiger charge is -2.41. The van der Waals surface area contributed by atoms with Gasteiger partial charge in [-0.3, -0.25) is 14.8 Å². The van der Waals surface area contributed by atoms with Crippen LogP contribution in [-0.4, -0.2) is 58.7 Å².